The summed E-state index contributed by atoms with van der Waals surface area (Å²) >= 11 is 5.96. The van der Waals surface area contributed by atoms with Crippen LogP contribution >= 0.6 is 12.2 Å². The third-order valence-electron chi connectivity index (χ3n) is 2.09. The zero-order valence-corrected chi connectivity index (χ0v) is 13.1. The Morgan fingerprint density at radius 2 is 1.80 bits per heavy atom. The van der Waals surface area contributed by atoms with Gasteiger partial charge in [-0.3, -0.25) is 0 Å². The van der Waals surface area contributed by atoms with E-state index in [1.807, 2.05) is 6.07 Å². The van der Waals surface area contributed by atoms with Crippen molar-refractivity contribution >= 4 is 39.0 Å². The molecule has 0 spiro atoms. The van der Waals surface area contributed by atoms with Crippen molar-refractivity contribution in [2.75, 3.05) is 0 Å². The van der Waals surface area contributed by atoms with Crippen molar-refractivity contribution in [2.24, 2.45) is 0 Å². The Labute approximate surface area is 106 Å². The van der Waals surface area contributed by atoms with Crippen molar-refractivity contribution in [3.63, 3.8) is 0 Å². The van der Waals surface area contributed by atoms with Crippen molar-refractivity contribution in [1.82, 2.24) is 0 Å². The zero-order chi connectivity index (χ0) is 11.3. The van der Waals surface area contributed by atoms with Gasteiger partial charge in [-0.15, -0.1) is 0 Å². The first-order valence-corrected chi connectivity index (χ1v) is 11.4. The van der Waals surface area contributed by atoms with Gasteiger partial charge in [-0.1, -0.05) is 0 Å². The molecule has 15 heavy (non-hydrogen) atoms. The minimum absolute atomic E-state index is 0.511. The average Bonchev–Trinajstić information content (AvgIpc) is 2.17. The first-order valence-electron chi connectivity index (χ1n) is 5.21. The molecular weight excluding hydrogens is 283 g/mol. The van der Waals surface area contributed by atoms with Crippen LogP contribution in [0.4, 0.5) is 0 Å². The van der Waals surface area contributed by atoms with Gasteiger partial charge >= 0.3 is 106 Å². The maximum atomic E-state index is 5.45. The molecule has 0 aliphatic rings. The van der Waals surface area contributed by atoms with E-state index in [1.165, 1.54) is 20.7 Å². The molecule has 0 aliphatic carbocycles. The summed E-state index contributed by atoms with van der Waals surface area (Å²) in [7, 11) is -0.869. The van der Waals surface area contributed by atoms with E-state index in [9.17, 15) is 0 Å². The molecule has 0 heterocycles. The van der Waals surface area contributed by atoms with E-state index in [2.05, 4.69) is 43.9 Å². The Morgan fingerprint density at radius 3 is 2.33 bits per heavy atom. The Bertz CT molecular complexity index is 316. The Kier molecular flexibility index (Phi) is 5.20. The van der Waals surface area contributed by atoms with E-state index < -0.39 is 8.07 Å². The van der Waals surface area contributed by atoms with Gasteiger partial charge in [0.25, 0.3) is 0 Å². The minimum atomic E-state index is -0.869. The van der Waals surface area contributed by atoms with Crippen molar-refractivity contribution in [3.05, 3.63) is 35.9 Å². The summed E-state index contributed by atoms with van der Waals surface area (Å²) in [5, 5.41) is 1.32. The summed E-state index contributed by atoms with van der Waals surface area (Å²) in [6.45, 7) is 7.28. The van der Waals surface area contributed by atoms with Crippen LogP contribution in [0.15, 0.2) is 30.3 Å². The van der Waals surface area contributed by atoms with Crippen LogP contribution in [0.2, 0.25) is 31.0 Å². The molecule has 0 radical (unpaired) electrons. The van der Waals surface area contributed by atoms with Gasteiger partial charge < -0.3 is 0 Å². The van der Waals surface area contributed by atoms with Gasteiger partial charge in [-0.25, -0.2) is 0 Å². The van der Waals surface area contributed by atoms with E-state index >= 15 is 0 Å². The topological polar surface area (TPSA) is 0 Å². The average molecular weight is 301 g/mol. The Morgan fingerprint density at radius 1 is 1.20 bits per heavy atom. The van der Waals surface area contributed by atoms with Gasteiger partial charge in [0, 0.05) is 0 Å². The van der Waals surface area contributed by atoms with E-state index in [1.54, 1.807) is 0 Å². The molecule has 0 saturated carbocycles. The van der Waals surface area contributed by atoms with Crippen LogP contribution in [0, 0.1) is 0 Å². The maximum absolute atomic E-state index is 5.45. The summed E-state index contributed by atoms with van der Waals surface area (Å²) < 4.78 is 1.18. The predicted octanol–water partition coefficient (Wildman–Crippen LogP) is 3.82. The second-order valence-electron chi connectivity index (χ2n) is 4.81. The molecule has 0 aromatic heterocycles. The molecular formula is C12H18SSeSi. The van der Waals surface area contributed by atoms with Gasteiger partial charge in [0.1, 0.15) is 0 Å². The molecule has 0 nitrogen and oxygen atoms in total. The molecule has 0 saturated heterocycles. The number of hydrogen-bond donors (Lipinski definition) is 0. The van der Waals surface area contributed by atoms with Crippen LogP contribution in [0.3, 0.4) is 0 Å². The van der Waals surface area contributed by atoms with E-state index in [0.29, 0.717) is 15.0 Å². The summed E-state index contributed by atoms with van der Waals surface area (Å²) in [6, 6.07) is 11.8. The van der Waals surface area contributed by atoms with Gasteiger partial charge in [0.2, 0.25) is 0 Å². The van der Waals surface area contributed by atoms with Crippen molar-refractivity contribution in [3.8, 4) is 0 Å². The van der Waals surface area contributed by atoms with Gasteiger partial charge in [0.05, 0.1) is 0 Å². The van der Waals surface area contributed by atoms with Crippen LogP contribution in [-0.2, 0) is 0 Å². The predicted molar refractivity (Wildman–Crippen MR) is 76.9 cm³/mol. The van der Waals surface area contributed by atoms with Gasteiger partial charge in [-0.2, -0.15) is 0 Å². The summed E-state index contributed by atoms with van der Waals surface area (Å²) in [4.78, 5) is 0. The van der Waals surface area contributed by atoms with Gasteiger partial charge in [0.15, 0.2) is 0 Å². The molecule has 0 amide bonds. The number of thiocarbonyl (C=S) groups is 1. The molecule has 0 fully saturated rings. The quantitative estimate of drug-likeness (QED) is 0.588. The molecule has 1 aromatic carbocycles. The molecule has 82 valence electrons. The SMILES string of the molecule is C[Si](C)(C)CC[Se]C(=S)c1ccccc1. The van der Waals surface area contributed by atoms with Crippen LogP contribution in [0.1, 0.15) is 5.56 Å². The summed E-state index contributed by atoms with van der Waals surface area (Å²) in [5.41, 5.74) is 1.25. The Hall–Kier alpha value is 0.0464. The molecule has 0 atom stereocenters. The summed E-state index contributed by atoms with van der Waals surface area (Å²) in [6.07, 6.45) is 0. The molecule has 1 rings (SSSR count). The Balaban J connectivity index is 2.38. The number of benzene rings is 1. The number of hydrogen-bond acceptors (Lipinski definition) is 1. The molecule has 0 N–H and O–H groups in total. The van der Waals surface area contributed by atoms with Crippen LogP contribution in [0.25, 0.3) is 0 Å². The second-order valence-corrected chi connectivity index (χ2v) is 13.7. The molecule has 1 aromatic rings. The van der Waals surface area contributed by atoms with E-state index in [-0.39, 0.29) is 0 Å². The van der Waals surface area contributed by atoms with Crippen LogP contribution in [0.5, 0.6) is 0 Å². The fourth-order valence-electron chi connectivity index (χ4n) is 1.11. The fraction of sp³-hybridized carbons (Fsp3) is 0.417. The second kappa shape index (κ2) is 5.95. The van der Waals surface area contributed by atoms with Crippen molar-refractivity contribution in [2.45, 2.75) is 31.0 Å². The third kappa shape index (κ3) is 5.62. The molecule has 0 bridgehead atoms. The molecule has 0 unspecified atom stereocenters. The van der Waals surface area contributed by atoms with Crippen molar-refractivity contribution < 1.29 is 0 Å². The zero-order valence-electron chi connectivity index (χ0n) is 9.62. The normalized spacial score (nSPS) is 11.4. The fourth-order valence-corrected chi connectivity index (χ4v) is 7.91. The van der Waals surface area contributed by atoms with Crippen molar-refractivity contribution in [1.29, 1.82) is 0 Å². The van der Waals surface area contributed by atoms with E-state index in [4.69, 9.17) is 12.2 Å². The molecule has 3 heteroatoms. The first kappa shape index (κ1) is 13.1. The first-order chi connectivity index (χ1) is 6.99. The standard InChI is InChI=1S/C12H18SSeSi/c1-15(2,3)10-9-14-12(13)11-7-5-4-6-8-11/h4-8H,9-10H2,1-3H3. The van der Waals surface area contributed by atoms with Gasteiger partial charge in [-0.05, 0) is 0 Å². The monoisotopic (exact) mass is 302 g/mol. The number of rotatable bonds is 5. The summed E-state index contributed by atoms with van der Waals surface area (Å²) in [5.74, 6) is 0. The van der Waals surface area contributed by atoms with Crippen LogP contribution in [-0.4, -0.2) is 26.8 Å². The third-order valence-corrected chi connectivity index (χ3v) is 7.40. The van der Waals surface area contributed by atoms with E-state index in [0.717, 1.165) is 0 Å². The van der Waals surface area contributed by atoms with Crippen LogP contribution < -0.4 is 0 Å². The molecule has 0 aliphatic heterocycles.